The molecule has 1 atom stereocenters. The molecule has 0 saturated carbocycles. The fourth-order valence-corrected chi connectivity index (χ4v) is 3.61. The van der Waals surface area contributed by atoms with Crippen LogP contribution in [0.15, 0.2) is 30.3 Å². The van der Waals surface area contributed by atoms with Gasteiger partial charge in [0.25, 0.3) is 5.91 Å². The van der Waals surface area contributed by atoms with E-state index in [4.69, 9.17) is 21.4 Å². The molecule has 0 radical (unpaired) electrons. The van der Waals surface area contributed by atoms with Gasteiger partial charge in [0.15, 0.2) is 0 Å². The normalized spacial score (nSPS) is 20.7. The Balaban J connectivity index is 1.57. The van der Waals surface area contributed by atoms with E-state index in [0.717, 1.165) is 49.3 Å². The number of ether oxygens (including phenoxy) is 1. The Morgan fingerprint density at radius 3 is 2.96 bits per heavy atom. The number of halogens is 1. The summed E-state index contributed by atoms with van der Waals surface area (Å²) in [6.45, 7) is 2.87. The Hall–Kier alpha value is -1.85. The largest absolute Gasteiger partial charge is 0.368 e. The lowest BCUT2D eigenvalue weighted by atomic mass is 10.1. The molecule has 2 aliphatic heterocycles. The van der Waals surface area contributed by atoms with Crippen molar-refractivity contribution in [3.05, 3.63) is 41.0 Å². The highest BCUT2D eigenvalue weighted by Crippen LogP contribution is 2.25. The van der Waals surface area contributed by atoms with Gasteiger partial charge in [0.05, 0.1) is 17.9 Å². The summed E-state index contributed by atoms with van der Waals surface area (Å²) in [7, 11) is 0. The predicted octanol–water partition coefficient (Wildman–Crippen LogP) is 3.11. The van der Waals surface area contributed by atoms with Crippen molar-refractivity contribution in [2.75, 3.05) is 13.2 Å². The number of hydrogen-bond donors (Lipinski definition) is 0. The summed E-state index contributed by atoms with van der Waals surface area (Å²) in [5, 5.41) is 5.40. The molecule has 4 rings (SSSR count). The molecule has 2 aliphatic rings. The Bertz CT molecular complexity index is 752. The molecule has 5 nitrogen and oxygen atoms in total. The molecule has 1 aromatic carbocycles. The van der Waals surface area contributed by atoms with E-state index in [2.05, 4.69) is 6.07 Å². The molecule has 1 aromatic heterocycles. The zero-order chi connectivity index (χ0) is 16.5. The first-order valence-electron chi connectivity index (χ1n) is 8.44. The van der Waals surface area contributed by atoms with Gasteiger partial charge in [-0.25, -0.2) is 0 Å². The molecule has 0 aliphatic carbocycles. The molecule has 24 heavy (non-hydrogen) atoms. The molecule has 1 saturated heterocycles. The Labute approximate surface area is 146 Å². The highest BCUT2D eigenvalue weighted by atomic mass is 35.5. The molecule has 0 N–H and O–H groups in total. The number of fused-ring (bicyclic) bond motifs is 1. The average molecular weight is 346 g/mol. The quantitative estimate of drug-likeness (QED) is 0.840. The van der Waals surface area contributed by atoms with E-state index in [-0.39, 0.29) is 12.0 Å². The molecular formula is C18H20ClN3O2. The fraction of sp³-hybridized carbons (Fsp3) is 0.444. The maximum absolute atomic E-state index is 12.6. The number of aryl methyl sites for hydroxylation is 1. The summed E-state index contributed by atoms with van der Waals surface area (Å²) in [6, 6.07) is 9.76. The Morgan fingerprint density at radius 2 is 2.17 bits per heavy atom. The predicted molar refractivity (Wildman–Crippen MR) is 91.7 cm³/mol. The molecule has 126 valence electrons. The lowest BCUT2D eigenvalue weighted by molar-refractivity contribution is -0.141. The molecule has 1 amide bonds. The number of amides is 1. The van der Waals surface area contributed by atoms with Crippen LogP contribution >= 0.6 is 11.6 Å². The van der Waals surface area contributed by atoms with Crippen LogP contribution in [0.5, 0.6) is 0 Å². The van der Waals surface area contributed by atoms with Gasteiger partial charge in [0.1, 0.15) is 6.10 Å². The van der Waals surface area contributed by atoms with E-state index in [0.29, 0.717) is 18.2 Å². The second-order valence-electron chi connectivity index (χ2n) is 6.37. The van der Waals surface area contributed by atoms with Crippen LogP contribution in [-0.4, -0.2) is 39.8 Å². The van der Waals surface area contributed by atoms with Crippen LogP contribution < -0.4 is 0 Å². The van der Waals surface area contributed by atoms with Crippen molar-refractivity contribution in [1.29, 1.82) is 0 Å². The van der Waals surface area contributed by atoms with Crippen LogP contribution in [0.1, 0.15) is 25.0 Å². The van der Waals surface area contributed by atoms with Crippen molar-refractivity contribution >= 4 is 17.5 Å². The van der Waals surface area contributed by atoms with Gasteiger partial charge in [-0.1, -0.05) is 23.7 Å². The van der Waals surface area contributed by atoms with Crippen LogP contribution in [-0.2, 0) is 22.6 Å². The molecule has 6 heteroatoms. The first-order valence-corrected chi connectivity index (χ1v) is 8.81. The number of hydrogen-bond acceptors (Lipinski definition) is 3. The highest BCUT2D eigenvalue weighted by Gasteiger charge is 2.30. The van der Waals surface area contributed by atoms with Crippen molar-refractivity contribution in [1.82, 2.24) is 14.7 Å². The van der Waals surface area contributed by atoms with Gasteiger partial charge in [0.2, 0.25) is 0 Å². The maximum atomic E-state index is 12.6. The van der Waals surface area contributed by atoms with Gasteiger partial charge in [-0.05, 0) is 37.5 Å². The smallest absolute Gasteiger partial charge is 0.252 e. The van der Waals surface area contributed by atoms with E-state index >= 15 is 0 Å². The van der Waals surface area contributed by atoms with Gasteiger partial charge in [-0.2, -0.15) is 5.10 Å². The van der Waals surface area contributed by atoms with E-state index in [1.807, 2.05) is 33.8 Å². The van der Waals surface area contributed by atoms with Crippen molar-refractivity contribution in [2.45, 2.75) is 38.5 Å². The van der Waals surface area contributed by atoms with Gasteiger partial charge in [-0.3, -0.25) is 9.48 Å². The van der Waals surface area contributed by atoms with Crippen LogP contribution in [0, 0.1) is 0 Å². The minimum atomic E-state index is -0.258. The number of rotatable bonds is 2. The van der Waals surface area contributed by atoms with Crippen LogP contribution in [0.25, 0.3) is 11.3 Å². The maximum Gasteiger partial charge on any atom is 0.252 e. The van der Waals surface area contributed by atoms with Gasteiger partial charge in [-0.15, -0.1) is 0 Å². The van der Waals surface area contributed by atoms with E-state index in [1.54, 1.807) is 0 Å². The SMILES string of the molecule is O=C(C1CCCO1)N1CCCn2nc(-c3cccc(Cl)c3)cc2C1. The van der Waals surface area contributed by atoms with Gasteiger partial charge < -0.3 is 9.64 Å². The zero-order valence-corrected chi connectivity index (χ0v) is 14.2. The summed E-state index contributed by atoms with van der Waals surface area (Å²) >= 11 is 6.08. The van der Waals surface area contributed by atoms with E-state index in [9.17, 15) is 4.79 Å². The Kier molecular flexibility index (Phi) is 4.29. The lowest BCUT2D eigenvalue weighted by Gasteiger charge is -2.23. The number of benzene rings is 1. The number of aromatic nitrogens is 2. The van der Waals surface area contributed by atoms with Gasteiger partial charge in [0, 0.05) is 30.3 Å². The first kappa shape index (κ1) is 15.7. The van der Waals surface area contributed by atoms with Crippen LogP contribution in [0.4, 0.5) is 0 Å². The summed E-state index contributed by atoms with van der Waals surface area (Å²) in [5.41, 5.74) is 2.97. The number of carbonyl (C=O) groups excluding carboxylic acids is 1. The minimum Gasteiger partial charge on any atom is -0.368 e. The minimum absolute atomic E-state index is 0.117. The first-order chi connectivity index (χ1) is 11.7. The van der Waals surface area contributed by atoms with Crippen LogP contribution in [0.3, 0.4) is 0 Å². The van der Waals surface area contributed by atoms with Gasteiger partial charge >= 0.3 is 0 Å². The second-order valence-corrected chi connectivity index (χ2v) is 6.81. The van der Waals surface area contributed by atoms with Crippen molar-refractivity contribution < 1.29 is 9.53 Å². The van der Waals surface area contributed by atoms with Crippen molar-refractivity contribution in [3.63, 3.8) is 0 Å². The molecular weight excluding hydrogens is 326 g/mol. The van der Waals surface area contributed by atoms with Crippen molar-refractivity contribution in [3.8, 4) is 11.3 Å². The molecule has 0 bridgehead atoms. The lowest BCUT2D eigenvalue weighted by Crippen LogP contribution is -2.38. The molecule has 3 heterocycles. The molecule has 1 fully saturated rings. The monoisotopic (exact) mass is 345 g/mol. The summed E-state index contributed by atoms with van der Waals surface area (Å²) in [5.74, 6) is 0.117. The third-order valence-corrected chi connectivity index (χ3v) is 4.89. The zero-order valence-electron chi connectivity index (χ0n) is 13.4. The third kappa shape index (κ3) is 3.06. The average Bonchev–Trinajstić information content (AvgIpc) is 3.20. The summed E-state index contributed by atoms with van der Waals surface area (Å²) in [4.78, 5) is 14.6. The highest BCUT2D eigenvalue weighted by molar-refractivity contribution is 6.30. The molecule has 1 unspecified atom stereocenters. The van der Waals surface area contributed by atoms with Crippen LogP contribution in [0.2, 0.25) is 5.02 Å². The van der Waals surface area contributed by atoms with Crippen molar-refractivity contribution in [2.24, 2.45) is 0 Å². The standard InChI is InChI=1S/C18H20ClN3O2/c19-14-5-1-4-13(10-14)16-11-15-12-21(7-3-8-22(15)20-16)18(23)17-6-2-9-24-17/h1,4-5,10-11,17H,2-3,6-9,12H2. The van der Waals surface area contributed by atoms with E-state index in [1.165, 1.54) is 0 Å². The topological polar surface area (TPSA) is 47.4 Å². The van der Waals surface area contributed by atoms with E-state index < -0.39 is 0 Å². The fourth-order valence-electron chi connectivity index (χ4n) is 3.42. The number of carbonyl (C=O) groups is 1. The summed E-state index contributed by atoms with van der Waals surface area (Å²) < 4.78 is 7.57. The second kappa shape index (κ2) is 6.57. The number of nitrogens with zero attached hydrogens (tertiary/aromatic N) is 3. The molecule has 0 spiro atoms. The summed E-state index contributed by atoms with van der Waals surface area (Å²) in [6.07, 6.45) is 2.46. The Morgan fingerprint density at radius 1 is 1.25 bits per heavy atom. The third-order valence-electron chi connectivity index (χ3n) is 4.65. The molecule has 2 aromatic rings.